The quantitative estimate of drug-likeness (QED) is 0.128. The Kier molecular flexibility index (Phi) is 11.3. The van der Waals surface area contributed by atoms with Gasteiger partial charge in [0.2, 0.25) is 0 Å². The van der Waals surface area contributed by atoms with Crippen molar-refractivity contribution >= 4 is 23.6 Å². The first-order chi connectivity index (χ1) is 21.4. The van der Waals surface area contributed by atoms with E-state index in [0.717, 1.165) is 12.1 Å². The van der Waals surface area contributed by atoms with Crippen molar-refractivity contribution in [3.8, 4) is 23.0 Å². The minimum atomic E-state index is -1.67. The van der Waals surface area contributed by atoms with Crippen molar-refractivity contribution in [3.63, 3.8) is 0 Å². The third kappa shape index (κ3) is 7.71. The van der Waals surface area contributed by atoms with Crippen LogP contribution >= 0.6 is 11.8 Å². The molecule has 2 unspecified atom stereocenters. The molecule has 10 N–H and O–H groups in total. The van der Waals surface area contributed by atoms with E-state index in [9.17, 15) is 50.4 Å². The van der Waals surface area contributed by atoms with Crippen LogP contribution in [0.15, 0.2) is 36.4 Å². The highest BCUT2D eigenvalue weighted by Crippen LogP contribution is 2.37. The Morgan fingerprint density at radius 2 is 1.07 bits per heavy atom. The van der Waals surface area contributed by atoms with Crippen LogP contribution < -0.4 is 20.1 Å². The van der Waals surface area contributed by atoms with E-state index in [4.69, 9.17) is 18.9 Å². The standard InChI is InChI=1S/C28H36N2O14S/c1-41-15-5-11(3-13(33)7-15)25(39)29-19-21(35)17(9-31)43-27(23(19)37)45-28-24(38)20(22(36)18(10-32)44-28)30-26(40)12-4-14(34)8-16(6-12)42-2/h3-8,17-24,27-28,31-38H,9-10H2,1-2H3,(H,29,39)(H,30,40)/t17-,18-,19+,20+,21+,22+,23-,24-,27?,28?/m1/s1. The summed E-state index contributed by atoms with van der Waals surface area (Å²) in [5.41, 5.74) is -2.85. The lowest BCUT2D eigenvalue weighted by Crippen LogP contribution is -2.66. The van der Waals surface area contributed by atoms with Crippen LogP contribution in [0.25, 0.3) is 0 Å². The molecular formula is C28H36N2O14S. The second-order valence-electron chi connectivity index (χ2n) is 10.4. The Labute approximate surface area is 261 Å². The van der Waals surface area contributed by atoms with Crippen LogP contribution in [0.2, 0.25) is 0 Å². The largest absolute Gasteiger partial charge is 0.508 e. The van der Waals surface area contributed by atoms with E-state index in [1.165, 1.54) is 38.5 Å². The van der Waals surface area contributed by atoms with Gasteiger partial charge in [-0.3, -0.25) is 9.59 Å². The van der Waals surface area contributed by atoms with Gasteiger partial charge >= 0.3 is 0 Å². The van der Waals surface area contributed by atoms with E-state index in [1.807, 2.05) is 0 Å². The monoisotopic (exact) mass is 656 g/mol. The molecule has 2 heterocycles. The molecule has 4 rings (SSSR count). The van der Waals surface area contributed by atoms with Gasteiger partial charge < -0.3 is 70.4 Å². The van der Waals surface area contributed by atoms with Crippen molar-refractivity contribution in [3.05, 3.63) is 47.5 Å². The number of phenols is 2. The summed E-state index contributed by atoms with van der Waals surface area (Å²) in [6.45, 7) is -1.45. The molecule has 2 fully saturated rings. The highest BCUT2D eigenvalue weighted by molar-refractivity contribution is 8.00. The fraction of sp³-hybridized carbons (Fsp3) is 0.500. The molecule has 0 bridgehead atoms. The molecule has 0 spiro atoms. The van der Waals surface area contributed by atoms with Gasteiger partial charge in [0.05, 0.1) is 39.5 Å². The molecule has 0 saturated carbocycles. The molecule has 0 radical (unpaired) electrons. The molecule has 45 heavy (non-hydrogen) atoms. The molecular weight excluding hydrogens is 620 g/mol. The van der Waals surface area contributed by atoms with E-state index in [1.54, 1.807) is 0 Å². The van der Waals surface area contributed by atoms with Crippen molar-refractivity contribution < 1.29 is 69.4 Å². The molecule has 0 aromatic heterocycles. The summed E-state index contributed by atoms with van der Waals surface area (Å²) in [5.74, 6) is -1.82. The highest BCUT2D eigenvalue weighted by Gasteiger charge is 2.50. The molecule has 10 atom stereocenters. The number of ether oxygens (including phenoxy) is 4. The third-order valence-electron chi connectivity index (χ3n) is 7.41. The fourth-order valence-corrected chi connectivity index (χ4v) is 6.35. The summed E-state index contributed by atoms with van der Waals surface area (Å²) in [5, 5.41) is 88.4. The van der Waals surface area contributed by atoms with Crippen LogP contribution in [0.5, 0.6) is 23.0 Å². The zero-order valence-electron chi connectivity index (χ0n) is 24.1. The minimum Gasteiger partial charge on any atom is -0.508 e. The smallest absolute Gasteiger partial charge is 0.251 e. The lowest BCUT2D eigenvalue weighted by Gasteiger charge is -2.46. The molecule has 17 heteroatoms. The minimum absolute atomic E-state index is 0.0590. The second-order valence-corrected chi connectivity index (χ2v) is 11.6. The van der Waals surface area contributed by atoms with Gasteiger partial charge in [-0.25, -0.2) is 0 Å². The van der Waals surface area contributed by atoms with Crippen LogP contribution in [0, 0.1) is 0 Å². The zero-order chi connectivity index (χ0) is 33.0. The summed E-state index contributed by atoms with van der Waals surface area (Å²) in [6.07, 6.45) is -9.16. The second kappa shape index (κ2) is 14.8. The van der Waals surface area contributed by atoms with Gasteiger partial charge in [0.1, 0.15) is 70.5 Å². The zero-order valence-corrected chi connectivity index (χ0v) is 24.9. The van der Waals surface area contributed by atoms with E-state index < -0.39 is 84.6 Å². The average molecular weight is 657 g/mol. The number of aromatic hydroxyl groups is 2. The van der Waals surface area contributed by atoms with E-state index in [2.05, 4.69) is 10.6 Å². The number of nitrogens with one attached hydrogen (secondary N) is 2. The van der Waals surface area contributed by atoms with Gasteiger partial charge in [-0.05, 0) is 24.3 Å². The number of hydrogen-bond acceptors (Lipinski definition) is 15. The molecule has 2 aliphatic rings. The third-order valence-corrected chi connectivity index (χ3v) is 8.73. The van der Waals surface area contributed by atoms with E-state index in [-0.39, 0.29) is 34.1 Å². The van der Waals surface area contributed by atoms with Crippen LogP contribution in [0.1, 0.15) is 20.7 Å². The number of rotatable bonds is 10. The van der Waals surface area contributed by atoms with Crippen molar-refractivity contribution in [2.45, 2.75) is 59.6 Å². The normalized spacial score (nSPS) is 31.6. The van der Waals surface area contributed by atoms with Gasteiger partial charge in [0.25, 0.3) is 11.8 Å². The number of aliphatic hydroxyl groups is 6. The number of hydrogen-bond donors (Lipinski definition) is 10. The summed E-state index contributed by atoms with van der Waals surface area (Å²) >= 11 is 0.659. The molecule has 248 valence electrons. The molecule has 2 amide bonds. The lowest BCUT2D eigenvalue weighted by molar-refractivity contribution is -0.175. The maximum atomic E-state index is 13.0. The van der Waals surface area contributed by atoms with Gasteiger partial charge in [0, 0.05) is 23.3 Å². The Morgan fingerprint density at radius 3 is 1.40 bits per heavy atom. The number of benzene rings is 2. The molecule has 0 aliphatic carbocycles. The van der Waals surface area contributed by atoms with Crippen molar-refractivity contribution in [2.75, 3.05) is 27.4 Å². The first-order valence-electron chi connectivity index (χ1n) is 13.7. The first kappa shape index (κ1) is 34.5. The first-order valence-corrected chi connectivity index (χ1v) is 14.6. The predicted molar refractivity (Wildman–Crippen MR) is 155 cm³/mol. The maximum absolute atomic E-state index is 13.0. The number of aliphatic hydroxyl groups excluding tert-OH is 6. The SMILES string of the molecule is COc1cc(O)cc(C(=O)N[C@H]2[C@@H](O)[C@@H](CO)OC(SC3O[C@H](CO)[C@H](O)[C@H](NC(=O)c4cc(O)cc(OC)c4)[C@H]3O)[C@@H]2O)c1. The molecule has 16 nitrogen and oxygen atoms in total. The van der Waals surface area contributed by atoms with Crippen LogP contribution in [0.3, 0.4) is 0 Å². The lowest BCUT2D eigenvalue weighted by atomic mass is 9.96. The molecule has 2 aromatic carbocycles. The summed E-state index contributed by atoms with van der Waals surface area (Å²) < 4.78 is 21.4. The van der Waals surface area contributed by atoms with E-state index >= 15 is 0 Å². The summed E-state index contributed by atoms with van der Waals surface area (Å²) in [6, 6.07) is 4.60. The summed E-state index contributed by atoms with van der Waals surface area (Å²) in [7, 11) is 2.66. The number of thioether (sulfide) groups is 1. The topological polar surface area (TPSA) is 257 Å². The Hall–Kier alpha value is -3.39. The van der Waals surface area contributed by atoms with E-state index in [0.29, 0.717) is 11.8 Å². The van der Waals surface area contributed by atoms with Gasteiger partial charge in [-0.15, -0.1) is 0 Å². The van der Waals surface area contributed by atoms with Gasteiger partial charge in [-0.1, -0.05) is 11.8 Å². The van der Waals surface area contributed by atoms with Crippen LogP contribution in [0.4, 0.5) is 0 Å². The predicted octanol–water partition coefficient (Wildman–Crippen LogP) is -2.38. The molecule has 2 aliphatic heterocycles. The number of carbonyl (C=O) groups is 2. The van der Waals surface area contributed by atoms with Crippen LogP contribution in [-0.2, 0) is 9.47 Å². The van der Waals surface area contributed by atoms with Crippen LogP contribution in [-0.4, -0.2) is 140 Å². The van der Waals surface area contributed by atoms with Gasteiger partial charge in [-0.2, -0.15) is 0 Å². The summed E-state index contributed by atoms with van der Waals surface area (Å²) in [4.78, 5) is 26.0. The molecule has 2 saturated heterocycles. The van der Waals surface area contributed by atoms with Crippen molar-refractivity contribution in [1.29, 1.82) is 0 Å². The van der Waals surface area contributed by atoms with Crippen molar-refractivity contribution in [2.24, 2.45) is 0 Å². The molecule has 2 aromatic rings. The van der Waals surface area contributed by atoms with Gasteiger partial charge in [0.15, 0.2) is 0 Å². The Bertz CT molecular complexity index is 1250. The highest BCUT2D eigenvalue weighted by atomic mass is 32.2. The number of amides is 2. The fourth-order valence-electron chi connectivity index (χ4n) is 5.01. The average Bonchev–Trinajstić information content (AvgIpc) is 3.02. The maximum Gasteiger partial charge on any atom is 0.251 e. The Balaban J connectivity index is 1.53. The Morgan fingerprint density at radius 1 is 0.689 bits per heavy atom. The van der Waals surface area contributed by atoms with Crippen molar-refractivity contribution in [1.82, 2.24) is 10.6 Å². The number of carbonyl (C=O) groups excluding carboxylic acids is 2. The number of methoxy groups -OCH3 is 2. The number of phenolic OH excluding ortho intramolecular Hbond substituents is 2.